The Morgan fingerprint density at radius 3 is 2.38 bits per heavy atom. The van der Waals surface area contributed by atoms with Crippen LogP contribution >= 0.6 is 0 Å². The molecule has 0 bridgehead atoms. The van der Waals surface area contributed by atoms with Gasteiger partial charge in [-0.2, -0.15) is 0 Å². The quantitative estimate of drug-likeness (QED) is 0.705. The minimum Gasteiger partial charge on any atom is -0.332 e. The molecule has 2 fully saturated rings. The first-order valence-corrected chi connectivity index (χ1v) is 9.38. The number of carbonyl (C=O) groups is 2. The number of carbonyl (C=O) groups excluding carboxylic acids is 2. The van der Waals surface area contributed by atoms with Gasteiger partial charge in [0.25, 0.3) is 5.91 Å². The maximum atomic E-state index is 12.7. The molecule has 2 saturated heterocycles. The number of benzene rings is 1. The molecule has 7 heteroatoms. The molecule has 1 spiro atoms. The van der Waals surface area contributed by atoms with E-state index in [1.165, 1.54) is 4.90 Å². The molecule has 0 atom stereocenters. The van der Waals surface area contributed by atoms with E-state index in [0.29, 0.717) is 5.69 Å². The third kappa shape index (κ3) is 2.47. The van der Waals surface area contributed by atoms with Crippen molar-refractivity contribution in [2.75, 3.05) is 23.7 Å². The Bertz CT molecular complexity index is 828. The lowest BCUT2D eigenvalue weighted by molar-refractivity contribution is -0.126. The van der Waals surface area contributed by atoms with Crippen molar-refractivity contribution in [3.63, 3.8) is 0 Å². The molecule has 0 N–H and O–H groups in total. The number of likely N-dealkylation sites (tertiary alicyclic amines) is 1. The van der Waals surface area contributed by atoms with Gasteiger partial charge in [0.1, 0.15) is 5.75 Å². The largest absolute Gasteiger partial charge is 0.332 e. The fourth-order valence-corrected chi connectivity index (χ4v) is 5.48. The van der Waals surface area contributed by atoms with E-state index in [1.807, 2.05) is 6.07 Å². The molecule has 0 aliphatic carbocycles. The maximum absolute atomic E-state index is 12.7. The normalized spacial score (nSPS) is 21.5. The molecule has 2 aliphatic rings. The number of para-hydroxylation sites is 1. The number of sulfone groups is 1. The lowest BCUT2D eigenvalue weighted by Gasteiger charge is -2.42. The van der Waals surface area contributed by atoms with Gasteiger partial charge in [0, 0.05) is 31.6 Å². The van der Waals surface area contributed by atoms with Crippen molar-refractivity contribution in [1.82, 2.24) is 4.90 Å². The summed E-state index contributed by atoms with van der Waals surface area (Å²) in [5, 5.41) is 0. The van der Waals surface area contributed by atoms with Crippen LogP contribution in [0.2, 0.25) is 0 Å². The summed E-state index contributed by atoms with van der Waals surface area (Å²) in [5.41, 5.74) is 0.580. The molecule has 1 aromatic carbocycles. The summed E-state index contributed by atoms with van der Waals surface area (Å²) in [6.45, 7) is 2.12. The highest BCUT2D eigenvalue weighted by molar-refractivity contribution is 7.94. The van der Waals surface area contributed by atoms with E-state index in [-0.39, 0.29) is 31.8 Å². The summed E-state index contributed by atoms with van der Waals surface area (Å²) in [6.07, 6.45) is 0.403. The van der Waals surface area contributed by atoms with Gasteiger partial charge < -0.3 is 4.90 Å². The van der Waals surface area contributed by atoms with E-state index >= 15 is 0 Å². The lowest BCUT2D eigenvalue weighted by Crippen LogP contribution is -2.57. The van der Waals surface area contributed by atoms with Crippen LogP contribution in [-0.2, 0) is 19.4 Å². The van der Waals surface area contributed by atoms with Gasteiger partial charge >= 0.3 is 0 Å². The second-order valence-electron chi connectivity index (χ2n) is 5.94. The third-order valence-electron chi connectivity index (χ3n) is 4.63. The zero-order valence-electron chi connectivity index (χ0n) is 13.4. The third-order valence-corrected chi connectivity index (χ3v) is 7.00. The van der Waals surface area contributed by atoms with Crippen LogP contribution in [0, 0.1) is 11.8 Å². The number of hydrogen-bond donors (Lipinski definition) is 0. The van der Waals surface area contributed by atoms with Gasteiger partial charge in [0.15, 0.2) is 14.7 Å². The Morgan fingerprint density at radius 2 is 1.79 bits per heavy atom. The molecule has 0 aromatic heterocycles. The van der Waals surface area contributed by atoms with Crippen LogP contribution in [0.1, 0.15) is 19.8 Å². The molecular formula is C17H18N2O4S. The van der Waals surface area contributed by atoms with E-state index in [9.17, 15) is 18.0 Å². The summed E-state index contributed by atoms with van der Waals surface area (Å²) in [5.74, 6) is 3.84. The molecule has 0 saturated carbocycles. The lowest BCUT2D eigenvalue weighted by atomic mass is 10.0. The van der Waals surface area contributed by atoms with Crippen molar-refractivity contribution in [2.45, 2.75) is 24.6 Å². The number of piperidine rings is 1. The van der Waals surface area contributed by atoms with Crippen molar-refractivity contribution in [3.05, 3.63) is 30.3 Å². The first-order valence-electron chi connectivity index (χ1n) is 7.73. The van der Waals surface area contributed by atoms with Crippen molar-refractivity contribution in [1.29, 1.82) is 0 Å². The first kappa shape index (κ1) is 16.5. The number of nitrogens with zero attached hydrogens (tertiary/aromatic N) is 2. The van der Waals surface area contributed by atoms with E-state index in [2.05, 4.69) is 11.8 Å². The van der Waals surface area contributed by atoms with Crippen LogP contribution in [-0.4, -0.2) is 48.8 Å². The predicted molar refractivity (Wildman–Crippen MR) is 89.7 cm³/mol. The van der Waals surface area contributed by atoms with Gasteiger partial charge in [-0.25, -0.2) is 8.42 Å². The first-order chi connectivity index (χ1) is 11.4. The summed E-state index contributed by atoms with van der Waals surface area (Å²) in [7, 11) is -3.62. The molecule has 6 nitrogen and oxygen atoms in total. The van der Waals surface area contributed by atoms with Crippen LogP contribution < -0.4 is 4.90 Å². The summed E-state index contributed by atoms with van der Waals surface area (Å²) < 4.78 is 25.5. The van der Waals surface area contributed by atoms with E-state index in [1.54, 1.807) is 36.1 Å². The minimum atomic E-state index is -3.62. The Morgan fingerprint density at radius 1 is 1.17 bits per heavy atom. The Balaban J connectivity index is 1.96. The zero-order chi connectivity index (χ0) is 17.4. The summed E-state index contributed by atoms with van der Waals surface area (Å²) in [4.78, 5) is 26.0. The van der Waals surface area contributed by atoms with Gasteiger partial charge in [-0.15, -0.1) is 0 Å². The maximum Gasteiger partial charge on any atom is 0.298 e. The molecule has 24 heavy (non-hydrogen) atoms. The van der Waals surface area contributed by atoms with E-state index in [4.69, 9.17) is 0 Å². The number of anilines is 1. The monoisotopic (exact) mass is 346 g/mol. The van der Waals surface area contributed by atoms with Crippen LogP contribution in [0.3, 0.4) is 0 Å². The van der Waals surface area contributed by atoms with Crippen LogP contribution in [0.4, 0.5) is 5.69 Å². The molecule has 0 unspecified atom stereocenters. The van der Waals surface area contributed by atoms with Crippen LogP contribution in [0.25, 0.3) is 0 Å². The van der Waals surface area contributed by atoms with Crippen molar-refractivity contribution in [3.8, 4) is 11.8 Å². The smallest absolute Gasteiger partial charge is 0.298 e. The minimum absolute atomic E-state index is 0.201. The van der Waals surface area contributed by atoms with Crippen LogP contribution in [0.5, 0.6) is 0 Å². The fraction of sp³-hybridized carbons (Fsp3) is 0.412. The molecule has 2 amide bonds. The molecule has 126 valence electrons. The topological polar surface area (TPSA) is 74.8 Å². The molecule has 3 rings (SSSR count). The zero-order valence-corrected chi connectivity index (χ0v) is 14.2. The highest BCUT2D eigenvalue weighted by Crippen LogP contribution is 2.42. The SMILES string of the molecule is CC#CC(=O)N1CCC2(CC1)N(c1ccccc1)C(=O)CS2(=O)=O. The number of amides is 2. The molecular weight excluding hydrogens is 328 g/mol. The van der Waals surface area contributed by atoms with Crippen LogP contribution in [0.15, 0.2) is 30.3 Å². The van der Waals surface area contributed by atoms with Gasteiger partial charge in [0.2, 0.25) is 5.91 Å². The molecule has 1 aromatic rings. The van der Waals surface area contributed by atoms with Gasteiger partial charge in [0.05, 0.1) is 0 Å². The number of hydrogen-bond acceptors (Lipinski definition) is 4. The van der Waals surface area contributed by atoms with Gasteiger partial charge in [-0.1, -0.05) is 24.1 Å². The average Bonchev–Trinajstić information content (AvgIpc) is 2.74. The predicted octanol–water partition coefficient (Wildman–Crippen LogP) is 0.790. The Kier molecular flexibility index (Phi) is 4.10. The second-order valence-corrected chi connectivity index (χ2v) is 8.22. The van der Waals surface area contributed by atoms with E-state index in [0.717, 1.165) is 0 Å². The summed E-state index contributed by atoms with van der Waals surface area (Å²) >= 11 is 0. The molecule has 2 aliphatic heterocycles. The highest BCUT2D eigenvalue weighted by Gasteiger charge is 2.59. The fourth-order valence-electron chi connectivity index (χ4n) is 3.46. The molecule has 2 heterocycles. The average molecular weight is 346 g/mol. The van der Waals surface area contributed by atoms with Crippen molar-refractivity contribution in [2.24, 2.45) is 0 Å². The van der Waals surface area contributed by atoms with Crippen molar-refractivity contribution < 1.29 is 18.0 Å². The highest BCUT2D eigenvalue weighted by atomic mass is 32.2. The second kappa shape index (κ2) is 5.95. The van der Waals surface area contributed by atoms with Crippen molar-refractivity contribution >= 4 is 27.3 Å². The van der Waals surface area contributed by atoms with Gasteiger partial charge in [-0.05, 0) is 25.0 Å². The Labute approximate surface area is 141 Å². The summed E-state index contributed by atoms with van der Waals surface area (Å²) in [6, 6.07) is 8.84. The number of rotatable bonds is 1. The Hall–Kier alpha value is -2.33. The van der Waals surface area contributed by atoms with Gasteiger partial charge in [-0.3, -0.25) is 14.5 Å². The van der Waals surface area contributed by atoms with E-state index < -0.39 is 26.4 Å². The molecule has 0 radical (unpaired) electrons. The standard InChI is InChI=1S/C17H18N2O4S/c1-2-6-15(20)18-11-9-17(10-12-18)19(14-7-4-3-5-8-14)16(21)13-24(17,22)23/h3-5,7-8H,9-13H2,1H3.